The van der Waals surface area contributed by atoms with Crippen LogP contribution < -0.4 is 0 Å². The molecule has 420 valence electrons. The van der Waals surface area contributed by atoms with Gasteiger partial charge in [-0.3, -0.25) is 0 Å². The molecule has 0 N–H and O–H groups in total. The van der Waals surface area contributed by atoms with Gasteiger partial charge in [-0.25, -0.2) is 0 Å². The van der Waals surface area contributed by atoms with Crippen molar-refractivity contribution >= 4 is 150 Å². The summed E-state index contributed by atoms with van der Waals surface area (Å²) in [5, 5.41) is 15.5. The van der Waals surface area contributed by atoms with Crippen LogP contribution >= 0.6 is 22.7 Å². The van der Waals surface area contributed by atoms with E-state index in [-0.39, 0.29) is 0 Å². The van der Waals surface area contributed by atoms with Gasteiger partial charge in [0, 0.05) is 106 Å². The first-order valence-corrected chi connectivity index (χ1v) is 32.3. The van der Waals surface area contributed by atoms with Crippen molar-refractivity contribution in [3.05, 3.63) is 315 Å². The van der Waals surface area contributed by atoms with E-state index in [0.29, 0.717) is 0 Å². The Morgan fingerprint density at radius 2 is 0.444 bits per heavy atom. The highest BCUT2D eigenvalue weighted by Crippen LogP contribution is 2.44. The number of hydrogen-bond donors (Lipinski definition) is 0. The molecule has 0 amide bonds. The van der Waals surface area contributed by atoms with E-state index in [1.54, 1.807) is 0 Å². The smallest absolute Gasteiger partial charge is 0.0541 e. The fraction of sp³-hybridized carbons (Fsp3) is 0. The molecule has 0 radical (unpaired) electrons. The molecule has 0 unspecified atom stereocenters. The van der Waals surface area contributed by atoms with Gasteiger partial charge >= 0.3 is 0 Å². The number of nitrogens with zero attached hydrogens (tertiary/aromatic N) is 4. The lowest BCUT2D eigenvalue weighted by atomic mass is 10.0. The molecule has 0 aliphatic rings. The summed E-state index contributed by atoms with van der Waals surface area (Å²) < 4.78 is 14.9. The van der Waals surface area contributed by atoms with Gasteiger partial charge in [-0.2, -0.15) is 0 Å². The van der Waals surface area contributed by atoms with Crippen LogP contribution in [0.25, 0.3) is 173 Å². The molecule has 6 heterocycles. The van der Waals surface area contributed by atoms with Crippen LogP contribution in [-0.2, 0) is 0 Å². The summed E-state index contributed by atoms with van der Waals surface area (Å²) in [6.45, 7) is 0. The SMILES string of the molecule is c1ccc(-n2c3ccccc3c3cc(-c4ccc5c(c4)c4ccccc4n5-c4ccc5c(c4)sc4ccccc45)ccc32)cc1.c1ccc(-n2c3ccccc3c3cc(-c4ccc5c(c4)c4ccccc4n5-c4ccc5sc6ccccc6c5c4)ccc32)cc1. The van der Waals surface area contributed by atoms with Crippen LogP contribution in [0.1, 0.15) is 0 Å². The first-order valence-electron chi connectivity index (χ1n) is 30.7. The van der Waals surface area contributed by atoms with Crippen molar-refractivity contribution in [3.8, 4) is 45.0 Å². The molecular formula is C84H52N4S2. The zero-order valence-electron chi connectivity index (χ0n) is 48.6. The van der Waals surface area contributed by atoms with Gasteiger partial charge in [0.05, 0.1) is 44.1 Å². The average Bonchev–Trinajstić information content (AvgIpc) is 1.66. The minimum absolute atomic E-state index is 1.18. The largest absolute Gasteiger partial charge is 0.309 e. The summed E-state index contributed by atoms with van der Waals surface area (Å²) in [6, 6.07) is 115. The maximum absolute atomic E-state index is 2.43. The van der Waals surface area contributed by atoms with Crippen LogP contribution in [0.15, 0.2) is 315 Å². The van der Waals surface area contributed by atoms with Gasteiger partial charge in [-0.15, -0.1) is 22.7 Å². The van der Waals surface area contributed by atoms with Crippen molar-refractivity contribution in [2.45, 2.75) is 0 Å². The van der Waals surface area contributed by atoms with E-state index < -0.39 is 0 Å². The summed E-state index contributed by atoms with van der Waals surface area (Å²) in [4.78, 5) is 0. The molecule has 0 fully saturated rings. The molecule has 4 nitrogen and oxygen atoms in total. The van der Waals surface area contributed by atoms with Gasteiger partial charge in [0.1, 0.15) is 0 Å². The predicted octanol–water partition coefficient (Wildman–Crippen LogP) is 23.8. The Balaban J connectivity index is 0.000000130. The third kappa shape index (κ3) is 7.85. The molecule has 14 aromatic carbocycles. The number of para-hydroxylation sites is 6. The molecule has 0 saturated carbocycles. The second kappa shape index (κ2) is 20.1. The molecule has 0 aliphatic heterocycles. The first-order chi connectivity index (χ1) is 44.6. The van der Waals surface area contributed by atoms with E-state index in [4.69, 9.17) is 0 Å². The van der Waals surface area contributed by atoms with Gasteiger partial charge in [0.15, 0.2) is 0 Å². The second-order valence-corrected chi connectivity index (χ2v) is 25.7. The maximum Gasteiger partial charge on any atom is 0.0541 e. The van der Waals surface area contributed by atoms with Gasteiger partial charge in [0.25, 0.3) is 0 Å². The highest BCUT2D eigenvalue weighted by Gasteiger charge is 2.20. The number of rotatable bonds is 6. The van der Waals surface area contributed by atoms with E-state index in [1.807, 2.05) is 22.7 Å². The fourth-order valence-corrected chi connectivity index (χ4v) is 16.8. The van der Waals surface area contributed by atoms with Crippen molar-refractivity contribution in [2.75, 3.05) is 0 Å². The van der Waals surface area contributed by atoms with Gasteiger partial charge < -0.3 is 18.3 Å². The molecule has 0 bridgehead atoms. The van der Waals surface area contributed by atoms with E-state index >= 15 is 0 Å². The molecule has 0 spiro atoms. The Labute approximate surface area is 525 Å². The van der Waals surface area contributed by atoms with Crippen molar-refractivity contribution < 1.29 is 0 Å². The van der Waals surface area contributed by atoms with Gasteiger partial charge in [-0.05, 0) is 162 Å². The lowest BCUT2D eigenvalue weighted by molar-refractivity contribution is 1.18. The second-order valence-electron chi connectivity index (χ2n) is 23.6. The molecule has 0 saturated heterocycles. The van der Waals surface area contributed by atoms with Crippen molar-refractivity contribution in [1.29, 1.82) is 0 Å². The zero-order valence-corrected chi connectivity index (χ0v) is 50.3. The third-order valence-corrected chi connectivity index (χ3v) is 20.9. The summed E-state index contributed by atoms with van der Waals surface area (Å²) in [6.07, 6.45) is 0. The number of benzene rings is 14. The van der Waals surface area contributed by atoms with E-state index in [2.05, 4.69) is 334 Å². The number of hydrogen-bond acceptors (Lipinski definition) is 2. The Morgan fingerprint density at radius 3 is 0.867 bits per heavy atom. The molecular weight excluding hydrogens is 1130 g/mol. The molecule has 6 heteroatoms. The Hall–Kier alpha value is -11.3. The maximum atomic E-state index is 2.43. The first kappa shape index (κ1) is 50.8. The molecule has 0 atom stereocenters. The van der Waals surface area contributed by atoms with Crippen LogP contribution in [0.4, 0.5) is 0 Å². The van der Waals surface area contributed by atoms with Crippen LogP contribution in [0.3, 0.4) is 0 Å². The highest BCUT2D eigenvalue weighted by molar-refractivity contribution is 7.26. The predicted molar refractivity (Wildman–Crippen MR) is 387 cm³/mol. The fourth-order valence-electron chi connectivity index (χ4n) is 14.6. The minimum atomic E-state index is 1.18. The molecule has 20 aromatic rings. The highest BCUT2D eigenvalue weighted by atomic mass is 32.1. The van der Waals surface area contributed by atoms with E-state index in [9.17, 15) is 0 Å². The quantitative estimate of drug-likeness (QED) is 0.158. The number of aromatic nitrogens is 4. The molecule has 90 heavy (non-hydrogen) atoms. The Morgan fingerprint density at radius 1 is 0.156 bits per heavy atom. The minimum Gasteiger partial charge on any atom is -0.309 e. The van der Waals surface area contributed by atoms with Gasteiger partial charge in [-0.1, -0.05) is 176 Å². The molecule has 20 rings (SSSR count). The standard InChI is InChI=1S/2C42H26N2S/c1-2-10-29(11-3-1)43-37-15-7-4-12-31(37)35-24-27(18-22-39(35)43)28-19-23-40-36(25-28)32-13-5-8-16-38(32)44(40)30-20-21-34-33-14-6-9-17-41(33)45-42(34)26-30;1-2-10-29(11-3-1)43-37-15-7-4-12-31(37)34-24-27(18-21-39(34)43)28-19-22-40-35(25-28)32-13-5-8-16-38(32)44(40)30-20-23-42-36(26-30)33-14-6-9-17-41(33)45-42/h2*1-26H. The Kier molecular flexibility index (Phi) is 11.4. The number of thiophene rings is 2. The zero-order chi connectivity index (χ0) is 59.0. The van der Waals surface area contributed by atoms with Crippen LogP contribution in [-0.4, -0.2) is 18.3 Å². The number of fused-ring (bicyclic) bond motifs is 18. The normalized spacial score (nSPS) is 12.0. The third-order valence-electron chi connectivity index (χ3n) is 18.6. The van der Waals surface area contributed by atoms with E-state index in [0.717, 1.165) is 0 Å². The topological polar surface area (TPSA) is 19.7 Å². The van der Waals surface area contributed by atoms with Gasteiger partial charge in [0.2, 0.25) is 0 Å². The van der Waals surface area contributed by atoms with Crippen molar-refractivity contribution in [1.82, 2.24) is 18.3 Å². The lowest BCUT2D eigenvalue weighted by Gasteiger charge is -2.10. The van der Waals surface area contributed by atoms with Crippen molar-refractivity contribution in [2.24, 2.45) is 0 Å². The van der Waals surface area contributed by atoms with Crippen molar-refractivity contribution in [3.63, 3.8) is 0 Å². The van der Waals surface area contributed by atoms with Crippen LogP contribution in [0.2, 0.25) is 0 Å². The van der Waals surface area contributed by atoms with Crippen LogP contribution in [0, 0.1) is 0 Å². The monoisotopic (exact) mass is 1180 g/mol. The molecule has 0 aliphatic carbocycles. The molecule has 6 aromatic heterocycles. The Bertz CT molecular complexity index is 6280. The average molecular weight is 1180 g/mol. The summed E-state index contributed by atoms with van der Waals surface area (Å²) >= 11 is 3.74. The van der Waals surface area contributed by atoms with E-state index in [1.165, 1.54) is 173 Å². The summed E-state index contributed by atoms with van der Waals surface area (Å²) in [5.74, 6) is 0. The summed E-state index contributed by atoms with van der Waals surface area (Å²) in [7, 11) is 0. The summed E-state index contributed by atoms with van der Waals surface area (Å²) in [5.41, 5.74) is 19.5. The van der Waals surface area contributed by atoms with Crippen LogP contribution in [0.5, 0.6) is 0 Å². The lowest BCUT2D eigenvalue weighted by Crippen LogP contribution is -1.93.